The zero-order chi connectivity index (χ0) is 62.3. The fourth-order valence-electron chi connectivity index (χ4n) is 11.8. The lowest BCUT2D eigenvalue weighted by Gasteiger charge is -2.28. The van der Waals surface area contributed by atoms with Crippen LogP contribution in [0.5, 0.6) is 0 Å². The van der Waals surface area contributed by atoms with E-state index in [1.54, 1.807) is 38.1 Å². The summed E-state index contributed by atoms with van der Waals surface area (Å²) in [5, 5.41) is 64.2. The molecule has 1 aliphatic heterocycles. The standard InChI is InChI=1S/C70H75B2N9O6S/c1-46(2)69(82)73-34-16-36-79(41-50-18-10-14-22-63(50)71(84)85)43-61-55-20-12-13-21-56(55)62(44-80(37-17-35-74-70(83)47(3)4)42-51-19-11-15-23-64(51)72(86)87)60-38-54(30-31-57(60)61)81-45-65(75-76-81)48-24-26-49(27-25-48)68-58-32-28-52(77(5)6)39-66(58)88(9)67-40-53(78(7)8)29-33-59(67)68/h10-15,18-33,38-40,45,84-87H,1,3,16-17,34-37,41-44H2,2,4-9H3/p+2. The number of anilines is 1. The van der Waals surface area contributed by atoms with Gasteiger partial charge in [0.2, 0.25) is 17.2 Å². The van der Waals surface area contributed by atoms with Crippen molar-refractivity contribution in [3.8, 4) is 38.5 Å². The largest absolute Gasteiger partial charge is 0.488 e. The van der Waals surface area contributed by atoms with Crippen molar-refractivity contribution >= 4 is 84.8 Å². The molecule has 2 aliphatic rings. The molecule has 448 valence electrons. The molecule has 0 saturated carbocycles. The minimum absolute atomic E-state index is 0.154. The van der Waals surface area contributed by atoms with Gasteiger partial charge in [-0.1, -0.05) is 121 Å². The van der Waals surface area contributed by atoms with Crippen LogP contribution in [0.3, 0.4) is 0 Å². The van der Waals surface area contributed by atoms with E-state index in [4.69, 9.17) is 10.3 Å². The number of fused-ring (bicyclic) bond motifs is 4. The summed E-state index contributed by atoms with van der Waals surface area (Å²) in [4.78, 5) is 33.3. The third kappa shape index (κ3) is 13.9. The van der Waals surface area contributed by atoms with Gasteiger partial charge in [0.1, 0.15) is 26.0 Å². The summed E-state index contributed by atoms with van der Waals surface area (Å²) in [5.74, 6) is -0.415. The van der Waals surface area contributed by atoms with Crippen molar-refractivity contribution in [2.45, 2.75) is 52.9 Å². The predicted molar refractivity (Wildman–Crippen MR) is 362 cm³/mol. The van der Waals surface area contributed by atoms with Crippen LogP contribution in [0.1, 0.15) is 48.9 Å². The second kappa shape index (κ2) is 27.6. The number of hydrogen-bond donors (Lipinski definition) is 6. The van der Waals surface area contributed by atoms with Crippen molar-refractivity contribution in [3.05, 3.63) is 210 Å². The van der Waals surface area contributed by atoms with Gasteiger partial charge in [-0.3, -0.25) is 19.4 Å². The molecule has 18 heteroatoms. The molecule has 7 aromatic carbocycles. The minimum atomic E-state index is -1.68. The van der Waals surface area contributed by atoms with Gasteiger partial charge in [0.05, 0.1) is 18.0 Å². The number of carbonyl (C=O) groups excluding carboxylic acids is 2. The first kappa shape index (κ1) is 62.5. The van der Waals surface area contributed by atoms with Crippen LogP contribution >= 0.6 is 10.5 Å². The number of nitrogens with zero attached hydrogens (tertiary/aromatic N) is 7. The Bertz CT molecular complexity index is 4290. The summed E-state index contributed by atoms with van der Waals surface area (Å²) >= 11 is 0. The molecule has 1 aromatic heterocycles. The van der Waals surface area contributed by atoms with Crippen molar-refractivity contribution in [3.63, 3.8) is 0 Å². The van der Waals surface area contributed by atoms with E-state index in [1.165, 1.54) is 37.1 Å². The normalized spacial score (nSPS) is 11.7. The molecule has 1 aliphatic carbocycles. The molecule has 0 fully saturated rings. The third-order valence-electron chi connectivity index (χ3n) is 16.5. The summed E-state index contributed by atoms with van der Waals surface area (Å²) in [6.07, 6.45) is 5.51. The van der Waals surface area contributed by atoms with E-state index in [-0.39, 0.29) is 22.3 Å². The second-order valence-corrected chi connectivity index (χ2v) is 25.1. The highest BCUT2D eigenvalue weighted by molar-refractivity contribution is 7.38. The summed E-state index contributed by atoms with van der Waals surface area (Å²) in [7, 11) is 4.84. The lowest BCUT2D eigenvalue weighted by atomic mass is 9.77. The van der Waals surface area contributed by atoms with Gasteiger partial charge in [-0.25, -0.2) is 9.26 Å². The smallest absolute Gasteiger partial charge is 0.423 e. The highest BCUT2D eigenvalue weighted by Gasteiger charge is 2.28. The number of benzene rings is 8. The first-order chi connectivity index (χ1) is 42.3. The molecular weight excluding hydrogens is 1120 g/mol. The maximum Gasteiger partial charge on any atom is 0.488 e. The van der Waals surface area contributed by atoms with Gasteiger partial charge in [0, 0.05) is 117 Å². The molecule has 1 atom stereocenters. The Morgan fingerprint density at radius 2 is 1.14 bits per heavy atom. The molecule has 8 aromatic rings. The van der Waals surface area contributed by atoms with Gasteiger partial charge in [-0.15, -0.1) is 5.10 Å². The zero-order valence-corrected chi connectivity index (χ0v) is 52.1. The summed E-state index contributed by atoms with van der Waals surface area (Å²) in [5.41, 5.74) is 12.5. The van der Waals surface area contributed by atoms with Crippen molar-refractivity contribution < 1.29 is 29.7 Å². The highest BCUT2D eigenvalue weighted by Crippen LogP contribution is 2.48. The van der Waals surface area contributed by atoms with Crippen LogP contribution in [0.15, 0.2) is 182 Å². The molecule has 2 heterocycles. The SMILES string of the molecule is C=C(C)C(=O)NCCCN(Cc1ccccc1B(O)O)Cc1c2ccccc2c(CN(CCCNC(=O)C(=C)C)Cc2ccccc2B(O)O)c2cc(-n3cc(-c4ccc(-c5c6ccc(=[N+](C)C)cc-6[s+](C)c6cc(N(C)C)ccc56)cc4)nn3)ccc12. The fourth-order valence-corrected chi connectivity index (χ4v) is 13.6. The molecule has 1 unspecified atom stereocenters. The number of amides is 2. The number of aryl methyl sites for hydroxylation is 1. The van der Waals surface area contributed by atoms with E-state index in [2.05, 4.69) is 169 Å². The van der Waals surface area contributed by atoms with E-state index in [9.17, 15) is 29.7 Å². The molecular formula is C70H77B2N9O6S+2. The van der Waals surface area contributed by atoms with Gasteiger partial charge < -0.3 is 35.6 Å². The van der Waals surface area contributed by atoms with Crippen LogP contribution in [0.25, 0.3) is 70.1 Å². The summed E-state index contributed by atoms with van der Waals surface area (Å²) in [6.45, 7) is 14.6. The molecule has 10 rings (SSSR count). The van der Waals surface area contributed by atoms with Crippen LogP contribution in [-0.2, 0) is 42.0 Å². The lowest BCUT2D eigenvalue weighted by Crippen LogP contribution is -2.36. The van der Waals surface area contributed by atoms with Crippen LogP contribution in [-0.4, -0.2) is 125 Å². The monoisotopic (exact) mass is 1190 g/mol. The summed E-state index contributed by atoms with van der Waals surface area (Å²) < 4.78 is 5.30. The van der Waals surface area contributed by atoms with Crippen LogP contribution in [0.4, 0.5) is 5.69 Å². The van der Waals surface area contributed by atoms with Gasteiger partial charge in [0.15, 0.2) is 9.58 Å². The van der Waals surface area contributed by atoms with E-state index in [1.807, 2.05) is 47.3 Å². The number of nitrogens with one attached hydrogen (secondary N) is 2. The Morgan fingerprint density at radius 3 is 1.68 bits per heavy atom. The quantitative estimate of drug-likeness (QED) is 0.00860. The Hall–Kier alpha value is -8.58. The average Bonchev–Trinajstić information content (AvgIpc) is 0.956. The molecule has 0 saturated heterocycles. The Balaban J connectivity index is 1.08. The number of aromatic nitrogens is 3. The predicted octanol–water partition coefficient (Wildman–Crippen LogP) is 8.08. The number of carbonyl (C=O) groups is 2. The summed E-state index contributed by atoms with van der Waals surface area (Å²) in [6, 6.07) is 51.7. The molecule has 2 amide bonds. The maximum atomic E-state index is 12.7. The third-order valence-corrected chi connectivity index (χ3v) is 18.5. The van der Waals surface area contributed by atoms with Gasteiger partial charge in [0.25, 0.3) is 0 Å². The van der Waals surface area contributed by atoms with Gasteiger partial charge >= 0.3 is 14.2 Å². The van der Waals surface area contributed by atoms with Crippen LogP contribution in [0, 0.1) is 0 Å². The molecule has 15 nitrogen and oxygen atoms in total. The van der Waals surface area contributed by atoms with Crippen molar-refractivity contribution in [2.75, 3.05) is 59.3 Å². The molecule has 0 bridgehead atoms. The van der Waals surface area contributed by atoms with Crippen LogP contribution in [0.2, 0.25) is 0 Å². The van der Waals surface area contributed by atoms with Crippen molar-refractivity contribution in [2.24, 2.45) is 6.26 Å². The second-order valence-electron chi connectivity index (χ2n) is 23.2. The van der Waals surface area contributed by atoms with E-state index >= 15 is 0 Å². The molecule has 6 N–H and O–H groups in total. The fraction of sp³-hybridized carbons (Fsp3) is 0.243. The minimum Gasteiger partial charge on any atom is -0.423 e. The maximum absolute atomic E-state index is 12.7. The first-order valence-corrected chi connectivity index (χ1v) is 31.3. The lowest BCUT2D eigenvalue weighted by molar-refractivity contribution is -0.118. The number of hydrogen-bond acceptors (Lipinski definition) is 11. The van der Waals surface area contributed by atoms with Gasteiger partial charge in [-0.2, -0.15) is 0 Å². The van der Waals surface area contributed by atoms with E-state index in [0.29, 0.717) is 93.0 Å². The van der Waals surface area contributed by atoms with E-state index < -0.39 is 14.2 Å². The van der Waals surface area contributed by atoms with Gasteiger partial charge in [-0.05, 0) is 128 Å². The number of rotatable bonds is 24. The average molecular weight is 1190 g/mol. The molecule has 0 radical (unpaired) electrons. The highest BCUT2D eigenvalue weighted by atomic mass is 32.2. The first-order valence-electron chi connectivity index (χ1n) is 29.7. The van der Waals surface area contributed by atoms with E-state index in [0.717, 1.165) is 60.6 Å². The Morgan fingerprint density at radius 1 is 0.614 bits per heavy atom. The molecule has 88 heavy (non-hydrogen) atoms. The van der Waals surface area contributed by atoms with Crippen molar-refractivity contribution in [1.29, 1.82) is 0 Å². The zero-order valence-electron chi connectivity index (χ0n) is 51.3. The Kier molecular flexibility index (Phi) is 19.6. The molecule has 0 spiro atoms. The van der Waals surface area contributed by atoms with Crippen molar-refractivity contribution in [1.82, 2.24) is 40.0 Å². The van der Waals surface area contributed by atoms with Crippen LogP contribution < -0.4 is 36.4 Å². The Labute approximate surface area is 518 Å². The topological polar surface area (TPSA) is 183 Å².